The number of esters is 1. The van der Waals surface area contributed by atoms with Crippen LogP contribution in [0.3, 0.4) is 0 Å². The fourth-order valence-electron chi connectivity index (χ4n) is 6.82. The molecule has 3 aromatic rings. The summed E-state index contributed by atoms with van der Waals surface area (Å²) in [7, 11) is 1.54. The number of hydrogen-bond acceptors (Lipinski definition) is 6. The second-order valence-corrected chi connectivity index (χ2v) is 13.5. The van der Waals surface area contributed by atoms with Crippen LogP contribution in [0.2, 0.25) is 0 Å². The van der Waals surface area contributed by atoms with Crippen LogP contribution in [0.5, 0.6) is 5.75 Å². The average Bonchev–Trinajstić information content (AvgIpc) is 3.07. The summed E-state index contributed by atoms with van der Waals surface area (Å²) in [6, 6.07) is 23.4. The lowest BCUT2D eigenvalue weighted by atomic mass is 9.62. The number of ether oxygens (including phenoxy) is 2. The van der Waals surface area contributed by atoms with Crippen LogP contribution in [0.4, 0.5) is 0 Å². The molecule has 49 heavy (non-hydrogen) atoms. The second-order valence-electron chi connectivity index (χ2n) is 13.5. The van der Waals surface area contributed by atoms with Gasteiger partial charge in [-0.3, -0.25) is 14.4 Å². The minimum absolute atomic E-state index is 0. The van der Waals surface area contributed by atoms with Gasteiger partial charge in [-0.1, -0.05) is 66.7 Å². The van der Waals surface area contributed by atoms with E-state index >= 15 is 0 Å². The molecule has 1 heterocycles. The van der Waals surface area contributed by atoms with E-state index in [1.54, 1.807) is 53.0 Å². The van der Waals surface area contributed by atoms with Gasteiger partial charge in [-0.2, -0.15) is 27.0 Å². The molecule has 9 nitrogen and oxygen atoms in total. The van der Waals surface area contributed by atoms with Gasteiger partial charge >= 0.3 is 5.97 Å². The zero-order valence-electron chi connectivity index (χ0n) is 28.9. The lowest BCUT2D eigenvalue weighted by molar-refractivity contribution is -0.158. The normalized spacial score (nSPS) is 19.5. The quantitative estimate of drug-likeness (QED) is 0.306. The SMILES string of the molecule is COc1ccccc1C(=O)NC1CCN(C(=O)[C@H]2CC[C@@](C(=O)N[C@@H](C)C(=O)OC(C)(C)C)(c3ccccc3)c3ccccc32)CC1.S.S. The van der Waals surface area contributed by atoms with Crippen molar-refractivity contribution in [2.45, 2.75) is 82.4 Å². The van der Waals surface area contributed by atoms with Gasteiger partial charge < -0.3 is 25.0 Å². The van der Waals surface area contributed by atoms with E-state index in [-0.39, 0.29) is 50.8 Å². The van der Waals surface area contributed by atoms with Gasteiger partial charge in [0.15, 0.2) is 0 Å². The molecule has 1 aliphatic heterocycles. The van der Waals surface area contributed by atoms with Crippen molar-refractivity contribution in [1.29, 1.82) is 0 Å². The number of methoxy groups -OCH3 is 1. The minimum atomic E-state index is -1.10. The fourth-order valence-corrected chi connectivity index (χ4v) is 6.82. The molecule has 1 aliphatic carbocycles. The number of carbonyl (C=O) groups excluding carboxylic acids is 4. The van der Waals surface area contributed by atoms with Crippen LogP contribution in [0.15, 0.2) is 78.9 Å². The molecule has 2 N–H and O–H groups in total. The molecule has 3 amide bonds. The molecule has 5 rings (SSSR count). The predicted octanol–water partition coefficient (Wildman–Crippen LogP) is 5.35. The number of benzene rings is 3. The third-order valence-corrected chi connectivity index (χ3v) is 9.16. The molecule has 0 radical (unpaired) electrons. The van der Waals surface area contributed by atoms with E-state index in [4.69, 9.17) is 9.47 Å². The van der Waals surface area contributed by atoms with E-state index < -0.39 is 28.9 Å². The van der Waals surface area contributed by atoms with Crippen LogP contribution in [0.1, 0.15) is 86.3 Å². The van der Waals surface area contributed by atoms with Crippen molar-refractivity contribution in [3.8, 4) is 5.75 Å². The topological polar surface area (TPSA) is 114 Å². The molecular formula is C38H49N3O6S2. The number of piperidine rings is 1. The van der Waals surface area contributed by atoms with Crippen molar-refractivity contribution in [3.63, 3.8) is 0 Å². The van der Waals surface area contributed by atoms with Gasteiger partial charge in [0, 0.05) is 19.1 Å². The number of fused-ring (bicyclic) bond motifs is 1. The van der Waals surface area contributed by atoms with Crippen molar-refractivity contribution in [2.24, 2.45) is 0 Å². The molecule has 0 spiro atoms. The fraction of sp³-hybridized carbons (Fsp3) is 0.421. The summed E-state index contributed by atoms with van der Waals surface area (Å²) in [6.45, 7) is 8.05. The number of likely N-dealkylation sites (tertiary alicyclic amines) is 1. The Morgan fingerprint density at radius 2 is 1.47 bits per heavy atom. The highest BCUT2D eigenvalue weighted by atomic mass is 32.1. The van der Waals surface area contributed by atoms with Crippen LogP contribution in [-0.2, 0) is 24.5 Å². The first kappa shape index (κ1) is 39.5. The molecule has 2 aliphatic rings. The summed E-state index contributed by atoms with van der Waals surface area (Å²) in [5, 5.41) is 6.06. The minimum Gasteiger partial charge on any atom is -0.496 e. The highest BCUT2D eigenvalue weighted by Crippen LogP contribution is 2.48. The molecule has 0 unspecified atom stereocenters. The monoisotopic (exact) mass is 707 g/mol. The number of amides is 3. The Morgan fingerprint density at radius 3 is 2.12 bits per heavy atom. The van der Waals surface area contributed by atoms with Gasteiger partial charge in [-0.15, -0.1) is 0 Å². The number of hydrogen-bond donors (Lipinski definition) is 2. The Morgan fingerprint density at radius 1 is 0.857 bits per heavy atom. The Labute approximate surface area is 303 Å². The van der Waals surface area contributed by atoms with E-state index in [1.807, 2.05) is 65.6 Å². The molecule has 1 saturated heterocycles. The third kappa shape index (κ3) is 8.62. The first-order valence-electron chi connectivity index (χ1n) is 16.4. The number of carbonyl (C=O) groups is 4. The van der Waals surface area contributed by atoms with Crippen LogP contribution in [0, 0.1) is 0 Å². The summed E-state index contributed by atoms with van der Waals surface area (Å²) >= 11 is 0. The average molecular weight is 708 g/mol. The largest absolute Gasteiger partial charge is 0.496 e. The maximum Gasteiger partial charge on any atom is 0.328 e. The van der Waals surface area contributed by atoms with Crippen molar-refractivity contribution < 1.29 is 28.7 Å². The summed E-state index contributed by atoms with van der Waals surface area (Å²) in [5.74, 6) is -0.867. The van der Waals surface area contributed by atoms with E-state index in [0.29, 0.717) is 50.1 Å². The number of nitrogens with zero attached hydrogens (tertiary/aromatic N) is 1. The van der Waals surface area contributed by atoms with Crippen LogP contribution >= 0.6 is 27.0 Å². The molecule has 0 aromatic heterocycles. The smallest absolute Gasteiger partial charge is 0.328 e. The predicted molar refractivity (Wildman–Crippen MR) is 200 cm³/mol. The lowest BCUT2D eigenvalue weighted by Gasteiger charge is -2.43. The Balaban J connectivity index is 0.00000325. The number of rotatable bonds is 8. The highest BCUT2D eigenvalue weighted by molar-refractivity contribution is 7.59. The van der Waals surface area contributed by atoms with Crippen LogP contribution in [0.25, 0.3) is 0 Å². The lowest BCUT2D eigenvalue weighted by Crippen LogP contribution is -2.54. The molecule has 3 atom stereocenters. The Hall–Kier alpha value is -3.96. The van der Waals surface area contributed by atoms with Crippen molar-refractivity contribution in [3.05, 3.63) is 101 Å². The molecule has 264 valence electrons. The maximum atomic E-state index is 14.4. The van der Waals surface area contributed by atoms with Crippen LogP contribution in [-0.4, -0.2) is 66.5 Å². The zero-order valence-corrected chi connectivity index (χ0v) is 30.9. The van der Waals surface area contributed by atoms with E-state index in [9.17, 15) is 19.2 Å². The van der Waals surface area contributed by atoms with Gasteiger partial charge in [0.1, 0.15) is 17.4 Å². The highest BCUT2D eigenvalue weighted by Gasteiger charge is 2.49. The third-order valence-electron chi connectivity index (χ3n) is 9.16. The second kappa shape index (κ2) is 16.6. The molecule has 3 aromatic carbocycles. The van der Waals surface area contributed by atoms with E-state index in [2.05, 4.69) is 10.6 Å². The van der Waals surface area contributed by atoms with Crippen molar-refractivity contribution in [2.75, 3.05) is 20.2 Å². The van der Waals surface area contributed by atoms with E-state index in [1.165, 1.54) is 0 Å². The van der Waals surface area contributed by atoms with Crippen LogP contribution < -0.4 is 15.4 Å². The molecule has 11 heteroatoms. The van der Waals surface area contributed by atoms with Gasteiger partial charge in [-0.05, 0) is 82.2 Å². The summed E-state index contributed by atoms with van der Waals surface area (Å²) < 4.78 is 10.9. The van der Waals surface area contributed by atoms with Crippen molar-refractivity contribution >= 4 is 50.7 Å². The zero-order chi connectivity index (χ0) is 33.8. The molecular weight excluding hydrogens is 659 g/mol. The summed E-state index contributed by atoms with van der Waals surface area (Å²) in [5.41, 5.74) is 1.09. The number of para-hydroxylation sites is 1. The molecule has 0 saturated carbocycles. The van der Waals surface area contributed by atoms with Gasteiger partial charge in [0.25, 0.3) is 5.91 Å². The maximum absolute atomic E-state index is 14.4. The van der Waals surface area contributed by atoms with Crippen molar-refractivity contribution in [1.82, 2.24) is 15.5 Å². The summed E-state index contributed by atoms with van der Waals surface area (Å²) in [6.07, 6.45) is 2.13. The molecule has 1 fully saturated rings. The number of nitrogens with one attached hydrogen (secondary N) is 2. The standard InChI is InChI=1S/C38H45N3O6.2H2S/c1-25(35(44)47-37(2,3)4)39-36(45)38(26-13-7-6-8-14-26)22-19-29(28-15-9-11-17-31(28)38)34(43)41-23-20-27(21-24-41)40-33(42)30-16-10-12-18-32(30)46-5;;/h6-18,25,27,29H,19-24H2,1-5H3,(H,39,45)(H,40,42);2*1H2/t25-,29-,38+;;/m0../s1. The van der Waals surface area contributed by atoms with E-state index in [0.717, 1.165) is 16.7 Å². The Bertz CT molecular complexity index is 1620. The summed E-state index contributed by atoms with van der Waals surface area (Å²) in [4.78, 5) is 56.2. The van der Waals surface area contributed by atoms with Gasteiger partial charge in [0.05, 0.1) is 24.0 Å². The molecule has 0 bridgehead atoms. The first-order chi connectivity index (χ1) is 22.4. The van der Waals surface area contributed by atoms with Gasteiger partial charge in [-0.25, -0.2) is 4.79 Å². The van der Waals surface area contributed by atoms with Gasteiger partial charge in [0.2, 0.25) is 11.8 Å². The first-order valence-corrected chi connectivity index (χ1v) is 16.4. The Kier molecular flexibility index (Phi) is 13.4.